The van der Waals surface area contributed by atoms with Gasteiger partial charge in [0.05, 0.1) is 13.1 Å². The molecule has 1 rings (SSSR count). The average molecular weight is 243 g/mol. The van der Waals surface area contributed by atoms with Crippen LogP contribution in [0.4, 0.5) is 0 Å². The molecule has 7 heteroatoms. The molecule has 96 valence electrons. The summed E-state index contributed by atoms with van der Waals surface area (Å²) in [5.74, 6) is -1.47. The molecular weight excluding hydrogens is 226 g/mol. The number of amides is 2. The van der Waals surface area contributed by atoms with E-state index in [1.165, 1.54) is 9.80 Å². The van der Waals surface area contributed by atoms with Crippen molar-refractivity contribution < 1.29 is 19.5 Å². The Balaban J connectivity index is 2.67. The Morgan fingerprint density at radius 1 is 1.59 bits per heavy atom. The Bertz CT molecular complexity index is 332. The van der Waals surface area contributed by atoms with Gasteiger partial charge in [-0.2, -0.15) is 0 Å². The fourth-order valence-corrected chi connectivity index (χ4v) is 1.57. The molecule has 0 aliphatic carbocycles. The Labute approximate surface area is 99.4 Å². The fourth-order valence-electron chi connectivity index (χ4n) is 1.57. The molecule has 1 fully saturated rings. The highest BCUT2D eigenvalue weighted by molar-refractivity contribution is 5.85. The van der Waals surface area contributed by atoms with E-state index in [2.05, 4.69) is 5.32 Å². The van der Waals surface area contributed by atoms with Crippen LogP contribution in [0.15, 0.2) is 0 Å². The van der Waals surface area contributed by atoms with E-state index in [0.29, 0.717) is 6.54 Å². The SMILES string of the molecule is CCN(C)C(=O)CN1CC(=O)NCC1C(=O)O. The van der Waals surface area contributed by atoms with Gasteiger partial charge in [0.1, 0.15) is 6.04 Å². The van der Waals surface area contributed by atoms with Gasteiger partial charge in [0.2, 0.25) is 11.8 Å². The molecule has 0 spiro atoms. The van der Waals surface area contributed by atoms with Gasteiger partial charge in [0.25, 0.3) is 0 Å². The lowest BCUT2D eigenvalue weighted by Crippen LogP contribution is -2.59. The zero-order valence-electron chi connectivity index (χ0n) is 9.97. The number of piperazine rings is 1. The standard InChI is InChI=1S/C10H17N3O4/c1-3-12(2)9(15)6-13-5-8(14)11-4-7(13)10(16)17/h7H,3-6H2,1-2H3,(H,11,14)(H,16,17). The second-order valence-electron chi connectivity index (χ2n) is 3.97. The van der Waals surface area contributed by atoms with E-state index in [4.69, 9.17) is 5.11 Å². The summed E-state index contributed by atoms with van der Waals surface area (Å²) >= 11 is 0. The lowest BCUT2D eigenvalue weighted by molar-refractivity contribution is -0.147. The number of nitrogens with one attached hydrogen (secondary N) is 1. The van der Waals surface area contributed by atoms with E-state index < -0.39 is 12.0 Å². The van der Waals surface area contributed by atoms with Gasteiger partial charge < -0.3 is 15.3 Å². The molecule has 0 saturated carbocycles. The van der Waals surface area contributed by atoms with Crippen LogP contribution in [0.2, 0.25) is 0 Å². The van der Waals surface area contributed by atoms with Crippen molar-refractivity contribution >= 4 is 17.8 Å². The first-order valence-electron chi connectivity index (χ1n) is 5.43. The summed E-state index contributed by atoms with van der Waals surface area (Å²) < 4.78 is 0. The van der Waals surface area contributed by atoms with E-state index in [9.17, 15) is 14.4 Å². The van der Waals surface area contributed by atoms with Crippen molar-refractivity contribution in [3.63, 3.8) is 0 Å². The van der Waals surface area contributed by atoms with E-state index >= 15 is 0 Å². The zero-order chi connectivity index (χ0) is 13.0. The molecule has 1 aliphatic heterocycles. The van der Waals surface area contributed by atoms with Gasteiger partial charge in [0.15, 0.2) is 0 Å². The molecule has 1 unspecified atom stereocenters. The quantitative estimate of drug-likeness (QED) is 0.617. The normalized spacial score (nSPS) is 20.8. The summed E-state index contributed by atoms with van der Waals surface area (Å²) in [7, 11) is 1.64. The second kappa shape index (κ2) is 5.62. The van der Waals surface area contributed by atoms with Crippen LogP contribution in [0.1, 0.15) is 6.92 Å². The molecule has 7 nitrogen and oxygen atoms in total. The molecule has 1 atom stereocenters. The van der Waals surface area contributed by atoms with Gasteiger partial charge in [-0.25, -0.2) is 0 Å². The fraction of sp³-hybridized carbons (Fsp3) is 0.700. The number of nitrogens with zero attached hydrogens (tertiary/aromatic N) is 2. The van der Waals surface area contributed by atoms with Crippen LogP contribution < -0.4 is 5.32 Å². The van der Waals surface area contributed by atoms with Gasteiger partial charge in [-0.05, 0) is 6.92 Å². The molecule has 0 bridgehead atoms. The van der Waals surface area contributed by atoms with E-state index in [1.54, 1.807) is 7.05 Å². The maximum absolute atomic E-state index is 11.7. The summed E-state index contributed by atoms with van der Waals surface area (Å²) in [5, 5.41) is 11.5. The third kappa shape index (κ3) is 3.42. The van der Waals surface area contributed by atoms with Crippen molar-refractivity contribution in [3.05, 3.63) is 0 Å². The van der Waals surface area contributed by atoms with Gasteiger partial charge in [-0.1, -0.05) is 0 Å². The van der Waals surface area contributed by atoms with E-state index in [-0.39, 0.29) is 31.4 Å². The predicted molar refractivity (Wildman–Crippen MR) is 59.3 cm³/mol. The van der Waals surface area contributed by atoms with E-state index in [1.807, 2.05) is 6.92 Å². The third-order valence-corrected chi connectivity index (χ3v) is 2.80. The predicted octanol–water partition coefficient (Wildman–Crippen LogP) is -1.65. The summed E-state index contributed by atoms with van der Waals surface area (Å²) in [5.41, 5.74) is 0. The van der Waals surface area contributed by atoms with Crippen LogP contribution in [0.3, 0.4) is 0 Å². The zero-order valence-corrected chi connectivity index (χ0v) is 9.97. The molecule has 0 radical (unpaired) electrons. The minimum absolute atomic E-state index is 0.0390. The number of likely N-dealkylation sites (N-methyl/N-ethyl adjacent to an activating group) is 1. The molecule has 0 aromatic rings. The number of carbonyl (C=O) groups excluding carboxylic acids is 2. The highest BCUT2D eigenvalue weighted by atomic mass is 16.4. The Morgan fingerprint density at radius 2 is 2.24 bits per heavy atom. The average Bonchev–Trinajstić information content (AvgIpc) is 2.27. The first kappa shape index (κ1) is 13.4. The molecule has 17 heavy (non-hydrogen) atoms. The van der Waals surface area contributed by atoms with Crippen molar-refractivity contribution in [1.29, 1.82) is 0 Å². The van der Waals surface area contributed by atoms with Crippen molar-refractivity contribution in [1.82, 2.24) is 15.1 Å². The van der Waals surface area contributed by atoms with Gasteiger partial charge in [-0.15, -0.1) is 0 Å². The Kier molecular flexibility index (Phi) is 4.45. The summed E-state index contributed by atoms with van der Waals surface area (Å²) in [4.78, 5) is 36.7. The largest absolute Gasteiger partial charge is 0.480 e. The van der Waals surface area contributed by atoms with Gasteiger partial charge >= 0.3 is 5.97 Å². The number of aliphatic carboxylic acids is 1. The third-order valence-electron chi connectivity index (χ3n) is 2.80. The van der Waals surface area contributed by atoms with Crippen LogP contribution in [0.25, 0.3) is 0 Å². The Morgan fingerprint density at radius 3 is 2.76 bits per heavy atom. The van der Waals surface area contributed by atoms with Crippen LogP contribution >= 0.6 is 0 Å². The first-order chi connectivity index (χ1) is 7.95. The minimum atomic E-state index is -1.03. The topological polar surface area (TPSA) is 90.0 Å². The number of rotatable bonds is 4. The molecule has 0 aromatic carbocycles. The maximum atomic E-state index is 11.7. The van der Waals surface area contributed by atoms with Crippen molar-refractivity contribution in [2.45, 2.75) is 13.0 Å². The number of carbonyl (C=O) groups is 3. The van der Waals surface area contributed by atoms with Crippen LogP contribution in [-0.4, -0.2) is 72.0 Å². The molecule has 1 heterocycles. The van der Waals surface area contributed by atoms with Gasteiger partial charge in [-0.3, -0.25) is 19.3 Å². The molecule has 2 N–H and O–H groups in total. The number of hydrogen-bond acceptors (Lipinski definition) is 4. The van der Waals surface area contributed by atoms with Crippen molar-refractivity contribution in [2.24, 2.45) is 0 Å². The minimum Gasteiger partial charge on any atom is -0.480 e. The molecule has 2 amide bonds. The second-order valence-corrected chi connectivity index (χ2v) is 3.97. The highest BCUT2D eigenvalue weighted by Gasteiger charge is 2.33. The summed E-state index contributed by atoms with van der Waals surface area (Å²) in [6.45, 7) is 2.32. The lowest BCUT2D eigenvalue weighted by Gasteiger charge is -2.32. The first-order valence-corrected chi connectivity index (χ1v) is 5.43. The molecule has 0 aromatic heterocycles. The number of hydrogen-bond donors (Lipinski definition) is 2. The molecule has 1 aliphatic rings. The molecule has 1 saturated heterocycles. The van der Waals surface area contributed by atoms with E-state index in [0.717, 1.165) is 0 Å². The maximum Gasteiger partial charge on any atom is 0.322 e. The van der Waals surface area contributed by atoms with Gasteiger partial charge in [0, 0.05) is 20.1 Å². The smallest absolute Gasteiger partial charge is 0.322 e. The van der Waals surface area contributed by atoms with Crippen molar-refractivity contribution in [2.75, 3.05) is 33.2 Å². The number of carboxylic acid groups (broad SMARTS) is 1. The lowest BCUT2D eigenvalue weighted by atomic mass is 10.2. The van der Waals surface area contributed by atoms with Crippen molar-refractivity contribution in [3.8, 4) is 0 Å². The monoisotopic (exact) mass is 243 g/mol. The highest BCUT2D eigenvalue weighted by Crippen LogP contribution is 2.05. The Hall–Kier alpha value is -1.63. The summed E-state index contributed by atoms with van der Waals surface area (Å²) in [6.07, 6.45) is 0. The number of carboxylic acids is 1. The summed E-state index contributed by atoms with van der Waals surface area (Å²) in [6, 6.07) is -0.832. The molecular formula is C10H17N3O4. The van der Waals surface area contributed by atoms with Crippen LogP contribution in [0.5, 0.6) is 0 Å². The van der Waals surface area contributed by atoms with Crippen LogP contribution in [-0.2, 0) is 14.4 Å². The van der Waals surface area contributed by atoms with Crippen LogP contribution in [0, 0.1) is 0 Å².